The lowest BCUT2D eigenvalue weighted by Gasteiger charge is -2.37. The van der Waals surface area contributed by atoms with Gasteiger partial charge in [0.1, 0.15) is 0 Å². The van der Waals surface area contributed by atoms with Gasteiger partial charge in [0, 0.05) is 32.2 Å². The highest BCUT2D eigenvalue weighted by atomic mass is 15.2. The van der Waals surface area contributed by atoms with Crippen molar-refractivity contribution >= 4 is 0 Å². The monoisotopic (exact) mass is 198 g/mol. The molecule has 0 bridgehead atoms. The minimum atomic E-state index is 0.794. The van der Waals surface area contributed by atoms with Crippen LogP contribution in [0.1, 0.15) is 40.0 Å². The Labute approximate surface area is 89.1 Å². The first kappa shape index (κ1) is 12.0. The molecule has 0 aromatic heterocycles. The van der Waals surface area contributed by atoms with Gasteiger partial charge in [-0.2, -0.15) is 0 Å². The molecule has 1 aliphatic heterocycles. The molecule has 1 aliphatic rings. The fourth-order valence-corrected chi connectivity index (χ4v) is 2.19. The second kappa shape index (κ2) is 6.41. The largest absolute Gasteiger partial charge is 0.314 e. The zero-order valence-electron chi connectivity index (χ0n) is 10.1. The molecule has 1 rings (SSSR count). The summed E-state index contributed by atoms with van der Waals surface area (Å²) < 4.78 is 0. The molecule has 0 spiro atoms. The maximum absolute atomic E-state index is 3.50. The van der Waals surface area contributed by atoms with Crippen molar-refractivity contribution in [3.8, 4) is 0 Å². The van der Waals surface area contributed by atoms with E-state index < -0.39 is 0 Å². The highest BCUT2D eigenvalue weighted by molar-refractivity contribution is 4.80. The summed E-state index contributed by atoms with van der Waals surface area (Å²) in [6, 6.07) is 0.794. The van der Waals surface area contributed by atoms with Crippen molar-refractivity contribution < 1.29 is 0 Å². The molecule has 2 unspecified atom stereocenters. The lowest BCUT2D eigenvalue weighted by molar-refractivity contribution is 0.132. The van der Waals surface area contributed by atoms with Crippen LogP contribution in [0.5, 0.6) is 0 Å². The Morgan fingerprint density at radius 1 is 1.43 bits per heavy atom. The molecular formula is C12H26N2. The normalized spacial score (nSPS) is 26.4. The Morgan fingerprint density at radius 2 is 2.21 bits per heavy atom. The Morgan fingerprint density at radius 3 is 2.86 bits per heavy atom. The summed E-state index contributed by atoms with van der Waals surface area (Å²) in [5.41, 5.74) is 0. The van der Waals surface area contributed by atoms with Gasteiger partial charge in [-0.3, -0.25) is 4.90 Å². The summed E-state index contributed by atoms with van der Waals surface area (Å²) in [6.45, 7) is 11.9. The zero-order valence-corrected chi connectivity index (χ0v) is 10.1. The van der Waals surface area contributed by atoms with Crippen LogP contribution in [0.4, 0.5) is 0 Å². The van der Waals surface area contributed by atoms with Crippen LogP contribution in [0.2, 0.25) is 0 Å². The maximum atomic E-state index is 3.50. The minimum absolute atomic E-state index is 0.794. The molecule has 1 N–H and O–H groups in total. The van der Waals surface area contributed by atoms with E-state index in [1.165, 1.54) is 45.4 Å². The van der Waals surface area contributed by atoms with Gasteiger partial charge in [0.25, 0.3) is 0 Å². The van der Waals surface area contributed by atoms with Crippen LogP contribution < -0.4 is 5.32 Å². The number of nitrogens with one attached hydrogen (secondary N) is 1. The van der Waals surface area contributed by atoms with Crippen LogP contribution in [0.15, 0.2) is 0 Å². The van der Waals surface area contributed by atoms with E-state index in [1.54, 1.807) is 0 Å². The molecule has 0 amide bonds. The van der Waals surface area contributed by atoms with E-state index in [-0.39, 0.29) is 0 Å². The number of rotatable bonds is 5. The second-order valence-electron chi connectivity index (χ2n) is 4.65. The van der Waals surface area contributed by atoms with E-state index in [2.05, 4.69) is 31.0 Å². The second-order valence-corrected chi connectivity index (χ2v) is 4.65. The predicted molar refractivity (Wildman–Crippen MR) is 62.6 cm³/mol. The van der Waals surface area contributed by atoms with Gasteiger partial charge >= 0.3 is 0 Å². The molecule has 14 heavy (non-hydrogen) atoms. The van der Waals surface area contributed by atoms with Crippen LogP contribution in [-0.2, 0) is 0 Å². The predicted octanol–water partition coefficient (Wildman–Crippen LogP) is 2.11. The van der Waals surface area contributed by atoms with Crippen molar-refractivity contribution in [2.45, 2.75) is 46.1 Å². The van der Waals surface area contributed by atoms with Crippen molar-refractivity contribution in [2.24, 2.45) is 5.92 Å². The third-order valence-corrected chi connectivity index (χ3v) is 3.34. The topological polar surface area (TPSA) is 15.3 Å². The quantitative estimate of drug-likeness (QED) is 0.728. The molecule has 0 aromatic rings. The summed E-state index contributed by atoms with van der Waals surface area (Å²) in [5.74, 6) is 0.854. The average molecular weight is 198 g/mol. The molecule has 2 heteroatoms. The minimum Gasteiger partial charge on any atom is -0.314 e. The van der Waals surface area contributed by atoms with Crippen molar-refractivity contribution in [1.82, 2.24) is 10.2 Å². The average Bonchev–Trinajstić information content (AvgIpc) is 2.21. The maximum Gasteiger partial charge on any atom is 0.0221 e. The first-order valence-corrected chi connectivity index (χ1v) is 6.22. The number of nitrogens with zero attached hydrogens (tertiary/aromatic N) is 1. The summed E-state index contributed by atoms with van der Waals surface area (Å²) in [7, 11) is 0. The molecule has 0 saturated carbocycles. The van der Waals surface area contributed by atoms with E-state index in [0.717, 1.165) is 12.0 Å². The summed E-state index contributed by atoms with van der Waals surface area (Å²) >= 11 is 0. The molecule has 1 heterocycles. The molecule has 0 radical (unpaired) electrons. The Hall–Kier alpha value is -0.0800. The Kier molecular flexibility index (Phi) is 5.49. The molecule has 0 aromatic carbocycles. The van der Waals surface area contributed by atoms with Crippen LogP contribution in [0.25, 0.3) is 0 Å². The van der Waals surface area contributed by atoms with E-state index >= 15 is 0 Å². The highest BCUT2D eigenvalue weighted by Crippen LogP contribution is 2.13. The fraction of sp³-hybridized carbons (Fsp3) is 1.00. The van der Waals surface area contributed by atoms with Gasteiger partial charge < -0.3 is 5.32 Å². The van der Waals surface area contributed by atoms with E-state index in [1.807, 2.05) is 0 Å². The molecule has 1 saturated heterocycles. The van der Waals surface area contributed by atoms with Crippen molar-refractivity contribution in [3.05, 3.63) is 0 Å². The fourth-order valence-electron chi connectivity index (χ4n) is 2.19. The van der Waals surface area contributed by atoms with Gasteiger partial charge in [0.15, 0.2) is 0 Å². The summed E-state index contributed by atoms with van der Waals surface area (Å²) in [4.78, 5) is 2.69. The van der Waals surface area contributed by atoms with Gasteiger partial charge in [-0.05, 0) is 12.3 Å². The van der Waals surface area contributed by atoms with E-state index in [4.69, 9.17) is 0 Å². The summed E-state index contributed by atoms with van der Waals surface area (Å²) in [5, 5.41) is 3.50. The number of hydrogen-bond acceptors (Lipinski definition) is 2. The molecular weight excluding hydrogens is 172 g/mol. The van der Waals surface area contributed by atoms with Gasteiger partial charge in [-0.25, -0.2) is 0 Å². The lowest BCUT2D eigenvalue weighted by atomic mass is 10.0. The standard InChI is InChI=1S/C12H26N2/c1-4-6-12-9-13-7-8-14(12)10-11(3)5-2/h11-13H,4-10H2,1-3H3. The molecule has 84 valence electrons. The number of piperazine rings is 1. The SMILES string of the molecule is CCCC1CNCCN1CC(C)CC. The van der Waals surface area contributed by atoms with Crippen LogP contribution in [0, 0.1) is 5.92 Å². The molecule has 1 fully saturated rings. The molecule has 2 nitrogen and oxygen atoms in total. The van der Waals surface area contributed by atoms with Gasteiger partial charge in [0.05, 0.1) is 0 Å². The number of hydrogen-bond donors (Lipinski definition) is 1. The third kappa shape index (κ3) is 3.58. The first-order chi connectivity index (χ1) is 6.77. The third-order valence-electron chi connectivity index (χ3n) is 3.34. The van der Waals surface area contributed by atoms with Crippen LogP contribution in [-0.4, -0.2) is 37.1 Å². The lowest BCUT2D eigenvalue weighted by Crippen LogP contribution is -2.52. The van der Waals surface area contributed by atoms with Gasteiger partial charge in [-0.1, -0.05) is 33.6 Å². The molecule has 2 atom stereocenters. The van der Waals surface area contributed by atoms with E-state index in [0.29, 0.717) is 0 Å². The van der Waals surface area contributed by atoms with Crippen molar-refractivity contribution in [1.29, 1.82) is 0 Å². The Balaban J connectivity index is 2.37. The van der Waals surface area contributed by atoms with Gasteiger partial charge in [0.2, 0.25) is 0 Å². The first-order valence-electron chi connectivity index (χ1n) is 6.22. The smallest absolute Gasteiger partial charge is 0.0221 e. The summed E-state index contributed by atoms with van der Waals surface area (Å²) in [6.07, 6.45) is 3.97. The highest BCUT2D eigenvalue weighted by Gasteiger charge is 2.21. The van der Waals surface area contributed by atoms with Crippen LogP contribution >= 0.6 is 0 Å². The van der Waals surface area contributed by atoms with Gasteiger partial charge in [-0.15, -0.1) is 0 Å². The molecule has 0 aliphatic carbocycles. The zero-order chi connectivity index (χ0) is 10.4. The van der Waals surface area contributed by atoms with Crippen LogP contribution in [0.3, 0.4) is 0 Å². The van der Waals surface area contributed by atoms with E-state index in [9.17, 15) is 0 Å². The van der Waals surface area contributed by atoms with Crippen molar-refractivity contribution in [3.63, 3.8) is 0 Å². The Bertz CT molecular complexity index is 145. The van der Waals surface area contributed by atoms with Crippen molar-refractivity contribution in [2.75, 3.05) is 26.2 Å².